The summed E-state index contributed by atoms with van der Waals surface area (Å²) >= 11 is 0. The van der Waals surface area contributed by atoms with E-state index in [1.54, 1.807) is 12.1 Å². The number of ether oxygens (including phenoxy) is 1. The predicted octanol–water partition coefficient (Wildman–Crippen LogP) is 4.92. The first kappa shape index (κ1) is 24.7. The van der Waals surface area contributed by atoms with E-state index in [0.29, 0.717) is 0 Å². The van der Waals surface area contributed by atoms with Crippen molar-refractivity contribution >= 4 is 5.97 Å². The van der Waals surface area contributed by atoms with Gasteiger partial charge in [0, 0.05) is 5.41 Å². The number of aromatic hydroxyl groups is 2. The molecule has 0 aliphatic heterocycles. The molecule has 0 spiro atoms. The Kier molecular flexibility index (Phi) is 7.11. The lowest BCUT2D eigenvalue weighted by atomic mass is 9.70. The monoisotopic (exact) mass is 428 g/mol. The van der Waals surface area contributed by atoms with Crippen LogP contribution in [0.3, 0.4) is 0 Å². The molecule has 5 heteroatoms. The molecule has 0 bridgehead atoms. The number of benzene rings is 2. The first-order valence-electron chi connectivity index (χ1n) is 10.6. The van der Waals surface area contributed by atoms with Crippen LogP contribution in [0.25, 0.3) is 0 Å². The van der Waals surface area contributed by atoms with E-state index in [1.807, 2.05) is 72.7 Å². The van der Waals surface area contributed by atoms with Gasteiger partial charge in [-0.15, -0.1) is 0 Å². The van der Waals surface area contributed by atoms with Gasteiger partial charge >= 0.3 is 5.97 Å². The Morgan fingerprint density at radius 3 is 1.58 bits per heavy atom. The van der Waals surface area contributed by atoms with Gasteiger partial charge in [-0.3, -0.25) is 4.79 Å². The highest BCUT2D eigenvalue weighted by Crippen LogP contribution is 2.42. The molecule has 2 rings (SSSR count). The molecule has 0 aliphatic carbocycles. The molecule has 170 valence electrons. The minimum absolute atomic E-state index is 0.0513. The van der Waals surface area contributed by atoms with Crippen LogP contribution in [0.1, 0.15) is 77.1 Å². The van der Waals surface area contributed by atoms with Crippen LogP contribution >= 0.6 is 0 Å². The summed E-state index contributed by atoms with van der Waals surface area (Å²) in [6.45, 7) is 13.8. The largest absolute Gasteiger partial charge is 0.508 e. The van der Waals surface area contributed by atoms with E-state index in [9.17, 15) is 15.0 Å². The van der Waals surface area contributed by atoms with Crippen LogP contribution in [0.2, 0.25) is 0 Å². The molecule has 5 nitrogen and oxygen atoms in total. The highest BCUT2D eigenvalue weighted by atomic mass is 16.5. The number of aliphatic hydroxyl groups excluding tert-OH is 1. The standard InChI is InChI=1S/C26H36O5/c1-24(2,3)19-14-17(8-10-21(19)28)26(7,16-23(30)31-13-12-27)18-9-11-22(29)20(15-18)25(4,5)6/h8-11,14-15,27-29H,12-13,16H2,1-7H3. The summed E-state index contributed by atoms with van der Waals surface area (Å²) in [5.41, 5.74) is 1.95. The molecule has 0 amide bonds. The van der Waals surface area contributed by atoms with E-state index >= 15 is 0 Å². The van der Waals surface area contributed by atoms with E-state index in [-0.39, 0.29) is 42.0 Å². The SMILES string of the molecule is CC(C)(C)c1cc(C(C)(CC(=O)OCCO)c2ccc(O)c(C(C)(C)C)c2)ccc1O. The number of carbonyl (C=O) groups is 1. The fraction of sp³-hybridized carbons (Fsp3) is 0.500. The Morgan fingerprint density at radius 1 is 0.806 bits per heavy atom. The second kappa shape index (κ2) is 8.91. The van der Waals surface area contributed by atoms with E-state index in [4.69, 9.17) is 9.84 Å². The Labute approximate surface area is 185 Å². The zero-order chi connectivity index (χ0) is 23.6. The minimum Gasteiger partial charge on any atom is -0.508 e. The molecule has 0 heterocycles. The number of esters is 1. The summed E-state index contributed by atoms with van der Waals surface area (Å²) in [6.07, 6.45) is 0.0513. The molecule has 0 radical (unpaired) electrons. The third-order valence-corrected chi connectivity index (χ3v) is 5.74. The average molecular weight is 429 g/mol. The topological polar surface area (TPSA) is 87.0 Å². The first-order chi connectivity index (χ1) is 14.2. The summed E-state index contributed by atoms with van der Waals surface area (Å²) in [5.74, 6) is -0.00240. The van der Waals surface area contributed by atoms with Crippen LogP contribution in [0.15, 0.2) is 36.4 Å². The van der Waals surface area contributed by atoms with E-state index in [1.165, 1.54) is 0 Å². The fourth-order valence-electron chi connectivity index (χ4n) is 3.83. The number of carbonyl (C=O) groups excluding carboxylic acids is 1. The lowest BCUT2D eigenvalue weighted by molar-refractivity contribution is -0.145. The van der Waals surface area contributed by atoms with Crippen LogP contribution in [-0.2, 0) is 25.8 Å². The van der Waals surface area contributed by atoms with Gasteiger partial charge in [0.25, 0.3) is 0 Å². The first-order valence-corrected chi connectivity index (χ1v) is 10.6. The quantitative estimate of drug-likeness (QED) is 0.568. The van der Waals surface area contributed by atoms with Gasteiger partial charge in [-0.25, -0.2) is 0 Å². The second-order valence-electron chi connectivity index (χ2n) is 10.4. The van der Waals surface area contributed by atoms with E-state index in [0.717, 1.165) is 22.3 Å². The van der Waals surface area contributed by atoms with Crippen molar-refractivity contribution in [1.29, 1.82) is 0 Å². The van der Waals surface area contributed by atoms with Crippen LogP contribution in [0.5, 0.6) is 11.5 Å². The summed E-state index contributed by atoms with van der Waals surface area (Å²) in [4.78, 5) is 12.6. The average Bonchev–Trinajstić information content (AvgIpc) is 2.64. The molecule has 0 saturated heterocycles. The van der Waals surface area contributed by atoms with Crippen molar-refractivity contribution in [3.8, 4) is 11.5 Å². The Hall–Kier alpha value is -2.53. The summed E-state index contributed by atoms with van der Waals surface area (Å²) in [7, 11) is 0. The number of hydrogen-bond acceptors (Lipinski definition) is 5. The van der Waals surface area contributed by atoms with Gasteiger partial charge in [0.1, 0.15) is 18.1 Å². The zero-order valence-electron chi connectivity index (χ0n) is 19.7. The normalized spacial score (nSPS) is 12.6. The number of rotatable bonds is 6. The molecule has 3 N–H and O–H groups in total. The van der Waals surface area contributed by atoms with Gasteiger partial charge < -0.3 is 20.1 Å². The van der Waals surface area contributed by atoms with Gasteiger partial charge in [0.15, 0.2) is 0 Å². The highest BCUT2D eigenvalue weighted by molar-refractivity contribution is 5.73. The summed E-state index contributed by atoms with van der Waals surface area (Å²) in [5, 5.41) is 29.9. The third-order valence-electron chi connectivity index (χ3n) is 5.74. The number of phenolic OH excluding ortho intramolecular Hbond substituents is 2. The molecule has 0 aromatic heterocycles. The fourth-order valence-corrected chi connectivity index (χ4v) is 3.83. The zero-order valence-corrected chi connectivity index (χ0v) is 19.7. The van der Waals surface area contributed by atoms with Gasteiger partial charge in [-0.2, -0.15) is 0 Å². The van der Waals surface area contributed by atoms with Crippen molar-refractivity contribution in [3.05, 3.63) is 58.7 Å². The minimum atomic E-state index is -0.770. The van der Waals surface area contributed by atoms with Crippen molar-refractivity contribution < 1.29 is 24.9 Å². The Bertz CT molecular complexity index is 868. The number of hydrogen-bond donors (Lipinski definition) is 3. The maximum atomic E-state index is 12.6. The lowest BCUT2D eigenvalue weighted by Crippen LogP contribution is -2.30. The molecular formula is C26H36O5. The molecule has 0 fully saturated rings. The maximum absolute atomic E-state index is 12.6. The maximum Gasteiger partial charge on any atom is 0.307 e. The Morgan fingerprint density at radius 2 is 1.23 bits per heavy atom. The van der Waals surface area contributed by atoms with Crippen LogP contribution in [0.4, 0.5) is 0 Å². The molecule has 0 unspecified atom stereocenters. The molecule has 31 heavy (non-hydrogen) atoms. The van der Waals surface area contributed by atoms with Crippen molar-refractivity contribution in [3.63, 3.8) is 0 Å². The molecular weight excluding hydrogens is 392 g/mol. The number of aliphatic hydroxyl groups is 1. The molecule has 2 aromatic carbocycles. The van der Waals surface area contributed by atoms with Crippen LogP contribution in [-0.4, -0.2) is 34.5 Å². The second-order valence-corrected chi connectivity index (χ2v) is 10.4. The third kappa shape index (κ3) is 5.59. The van der Waals surface area contributed by atoms with Gasteiger partial charge in [-0.05, 0) is 45.2 Å². The Balaban J connectivity index is 2.70. The van der Waals surface area contributed by atoms with Crippen LogP contribution in [0, 0.1) is 0 Å². The van der Waals surface area contributed by atoms with Crippen molar-refractivity contribution in [2.24, 2.45) is 0 Å². The molecule has 0 saturated carbocycles. The van der Waals surface area contributed by atoms with Gasteiger partial charge in [-0.1, -0.05) is 72.7 Å². The number of phenols is 2. The smallest absolute Gasteiger partial charge is 0.307 e. The van der Waals surface area contributed by atoms with Gasteiger partial charge in [0.05, 0.1) is 13.0 Å². The highest BCUT2D eigenvalue weighted by Gasteiger charge is 2.35. The van der Waals surface area contributed by atoms with E-state index < -0.39 is 11.4 Å². The van der Waals surface area contributed by atoms with Crippen LogP contribution < -0.4 is 0 Å². The lowest BCUT2D eigenvalue weighted by Gasteiger charge is -2.33. The van der Waals surface area contributed by atoms with Crippen molar-refractivity contribution in [1.82, 2.24) is 0 Å². The summed E-state index contributed by atoms with van der Waals surface area (Å²) < 4.78 is 5.18. The van der Waals surface area contributed by atoms with E-state index in [2.05, 4.69) is 0 Å². The predicted molar refractivity (Wildman–Crippen MR) is 123 cm³/mol. The molecule has 0 aliphatic rings. The van der Waals surface area contributed by atoms with Gasteiger partial charge in [0.2, 0.25) is 0 Å². The van der Waals surface area contributed by atoms with Crippen molar-refractivity contribution in [2.45, 2.75) is 71.1 Å². The summed E-state index contributed by atoms with van der Waals surface area (Å²) in [6, 6.07) is 10.9. The molecule has 0 atom stereocenters. The molecule has 2 aromatic rings. The van der Waals surface area contributed by atoms with Crippen molar-refractivity contribution in [2.75, 3.05) is 13.2 Å².